The summed E-state index contributed by atoms with van der Waals surface area (Å²) in [6.45, 7) is 3.93. The molecule has 9 heteroatoms. The van der Waals surface area contributed by atoms with Gasteiger partial charge in [0.1, 0.15) is 5.82 Å². The molecule has 36 heavy (non-hydrogen) atoms. The Labute approximate surface area is 209 Å². The quantitative estimate of drug-likeness (QED) is 0.432. The highest BCUT2D eigenvalue weighted by atomic mass is 16.3. The van der Waals surface area contributed by atoms with Gasteiger partial charge in [-0.25, -0.2) is 9.50 Å². The number of aliphatic imine (C=N–C) groups is 1. The summed E-state index contributed by atoms with van der Waals surface area (Å²) in [5, 5.41) is 16.3. The molecule has 0 saturated carbocycles. The Kier molecular flexibility index (Phi) is 5.72. The van der Waals surface area contributed by atoms with Crippen molar-refractivity contribution < 1.29 is 9.90 Å². The standard InChI is InChI=1S/C27H31N7O2/c1-17-14-34-24(30-26(17)32-15-19(13-28-2)23(35)16-32)12-21(31-34)22-8-3-4-11-33(22)27(36)20-7-5-6-18-9-10-29-25(18)20/h5-7,9-10,12-14,19,22-23,29,35H,3-4,8,11,15-16H2,1-2H3/t19-,22+,23+/m1/s1. The first-order valence-electron chi connectivity index (χ1n) is 12.6. The van der Waals surface area contributed by atoms with Gasteiger partial charge in [-0.1, -0.05) is 12.1 Å². The van der Waals surface area contributed by atoms with E-state index in [0.717, 1.165) is 52.9 Å². The summed E-state index contributed by atoms with van der Waals surface area (Å²) in [5.41, 5.74) is 4.18. The van der Waals surface area contributed by atoms with Gasteiger partial charge in [-0.3, -0.25) is 4.79 Å². The summed E-state index contributed by atoms with van der Waals surface area (Å²) < 4.78 is 1.81. The maximum Gasteiger partial charge on any atom is 0.256 e. The average Bonchev–Trinajstić information content (AvgIpc) is 3.61. The Morgan fingerprint density at radius 1 is 1.25 bits per heavy atom. The number of anilines is 1. The molecule has 6 rings (SSSR count). The van der Waals surface area contributed by atoms with Crippen LogP contribution < -0.4 is 4.90 Å². The molecular formula is C27H31N7O2. The zero-order valence-corrected chi connectivity index (χ0v) is 20.6. The number of carbonyl (C=O) groups is 1. The molecule has 2 aliphatic heterocycles. The molecule has 2 saturated heterocycles. The first-order chi connectivity index (χ1) is 17.5. The average molecular weight is 486 g/mol. The monoisotopic (exact) mass is 485 g/mol. The number of nitrogens with zero attached hydrogens (tertiary/aromatic N) is 6. The zero-order chi connectivity index (χ0) is 24.8. The van der Waals surface area contributed by atoms with Crippen LogP contribution in [0.3, 0.4) is 0 Å². The molecule has 4 aromatic rings. The van der Waals surface area contributed by atoms with Crippen LogP contribution in [0, 0.1) is 12.8 Å². The lowest BCUT2D eigenvalue weighted by Crippen LogP contribution is -2.38. The number of carbonyl (C=O) groups excluding carboxylic acids is 1. The van der Waals surface area contributed by atoms with E-state index < -0.39 is 6.10 Å². The number of benzene rings is 1. The van der Waals surface area contributed by atoms with E-state index in [1.807, 2.05) is 65.3 Å². The van der Waals surface area contributed by atoms with Crippen LogP contribution >= 0.6 is 0 Å². The van der Waals surface area contributed by atoms with Crippen molar-refractivity contribution in [2.24, 2.45) is 10.9 Å². The number of para-hydroxylation sites is 1. The van der Waals surface area contributed by atoms with E-state index in [-0.39, 0.29) is 17.9 Å². The van der Waals surface area contributed by atoms with Crippen molar-refractivity contribution in [2.75, 3.05) is 31.6 Å². The third kappa shape index (κ3) is 3.83. The molecule has 3 aromatic heterocycles. The number of aromatic amines is 1. The van der Waals surface area contributed by atoms with Crippen molar-refractivity contribution in [1.29, 1.82) is 0 Å². The summed E-state index contributed by atoms with van der Waals surface area (Å²) in [6.07, 6.45) is 8.13. The van der Waals surface area contributed by atoms with Gasteiger partial charge in [-0.2, -0.15) is 5.10 Å². The largest absolute Gasteiger partial charge is 0.391 e. The van der Waals surface area contributed by atoms with Gasteiger partial charge in [0.15, 0.2) is 5.65 Å². The number of H-pyrrole nitrogens is 1. The summed E-state index contributed by atoms with van der Waals surface area (Å²) in [4.78, 5) is 30.1. The summed E-state index contributed by atoms with van der Waals surface area (Å²) >= 11 is 0. The van der Waals surface area contributed by atoms with Crippen LogP contribution in [0.15, 0.2) is 47.7 Å². The van der Waals surface area contributed by atoms with Gasteiger partial charge < -0.3 is 24.9 Å². The third-order valence-corrected chi connectivity index (χ3v) is 7.52. The molecule has 0 spiro atoms. The van der Waals surface area contributed by atoms with Crippen molar-refractivity contribution in [3.05, 3.63) is 59.5 Å². The number of nitrogens with one attached hydrogen (secondary N) is 1. The van der Waals surface area contributed by atoms with E-state index >= 15 is 0 Å². The lowest BCUT2D eigenvalue weighted by molar-refractivity contribution is 0.0607. The molecule has 186 valence electrons. The number of piperidine rings is 1. The Bertz CT molecular complexity index is 1460. The van der Waals surface area contributed by atoms with E-state index in [9.17, 15) is 9.90 Å². The fourth-order valence-electron chi connectivity index (χ4n) is 5.72. The molecule has 0 bridgehead atoms. The van der Waals surface area contributed by atoms with Gasteiger partial charge in [-0.15, -0.1) is 0 Å². The number of aryl methyl sites for hydroxylation is 1. The zero-order valence-electron chi connectivity index (χ0n) is 20.6. The Balaban J connectivity index is 1.32. The van der Waals surface area contributed by atoms with Gasteiger partial charge in [0.25, 0.3) is 5.91 Å². The van der Waals surface area contributed by atoms with Crippen LogP contribution in [-0.4, -0.2) is 74.5 Å². The summed E-state index contributed by atoms with van der Waals surface area (Å²) in [5.74, 6) is 0.887. The van der Waals surface area contributed by atoms with Gasteiger partial charge in [-0.05, 0) is 38.3 Å². The first-order valence-corrected chi connectivity index (χ1v) is 12.6. The molecule has 1 aromatic carbocycles. The molecule has 5 heterocycles. The molecule has 2 aliphatic rings. The van der Waals surface area contributed by atoms with E-state index in [2.05, 4.69) is 14.9 Å². The third-order valence-electron chi connectivity index (χ3n) is 7.52. The second kappa shape index (κ2) is 9.05. The SMILES string of the molecule is CN=C[C@@H]1CN(c2nc3cc([C@@H]4CCCCN4C(=O)c4cccc5cc[nH]c45)nn3cc2C)C[C@@H]1O. The van der Waals surface area contributed by atoms with E-state index in [1.165, 1.54) is 0 Å². The minimum absolute atomic E-state index is 0.00108. The minimum atomic E-state index is -0.461. The van der Waals surface area contributed by atoms with E-state index in [4.69, 9.17) is 10.1 Å². The number of rotatable bonds is 4. The van der Waals surface area contributed by atoms with Gasteiger partial charge in [0.05, 0.1) is 28.9 Å². The van der Waals surface area contributed by atoms with Crippen LogP contribution in [0.1, 0.15) is 46.9 Å². The Morgan fingerprint density at radius 3 is 3.00 bits per heavy atom. The number of aliphatic hydroxyl groups excluding tert-OH is 1. The van der Waals surface area contributed by atoms with Crippen molar-refractivity contribution >= 4 is 34.5 Å². The fourth-order valence-corrected chi connectivity index (χ4v) is 5.72. The summed E-state index contributed by atoms with van der Waals surface area (Å²) in [6, 6.07) is 9.75. The molecule has 0 radical (unpaired) electrons. The maximum absolute atomic E-state index is 13.7. The number of amides is 1. The molecule has 0 aliphatic carbocycles. The van der Waals surface area contributed by atoms with Crippen LogP contribution in [0.25, 0.3) is 16.6 Å². The number of β-amino-alcohol motifs (C(OH)–C–C–N with tert-alkyl or cyclic N) is 1. The van der Waals surface area contributed by atoms with Crippen molar-refractivity contribution in [3.63, 3.8) is 0 Å². The molecule has 3 atom stereocenters. The number of aliphatic hydroxyl groups is 1. The number of likely N-dealkylation sites (tertiary alicyclic amines) is 1. The van der Waals surface area contributed by atoms with Crippen molar-refractivity contribution in [2.45, 2.75) is 38.3 Å². The second-order valence-electron chi connectivity index (χ2n) is 9.92. The van der Waals surface area contributed by atoms with Gasteiger partial charge >= 0.3 is 0 Å². The molecule has 9 nitrogen and oxygen atoms in total. The second-order valence-corrected chi connectivity index (χ2v) is 9.92. The maximum atomic E-state index is 13.7. The highest BCUT2D eigenvalue weighted by molar-refractivity contribution is 6.05. The number of hydrogen-bond acceptors (Lipinski definition) is 6. The fraction of sp³-hybridized carbons (Fsp3) is 0.407. The lowest BCUT2D eigenvalue weighted by Gasteiger charge is -2.35. The summed E-state index contributed by atoms with van der Waals surface area (Å²) in [7, 11) is 1.73. The topological polar surface area (TPSA) is 102 Å². The predicted octanol–water partition coefficient (Wildman–Crippen LogP) is 3.38. The lowest BCUT2D eigenvalue weighted by atomic mass is 9.98. The van der Waals surface area contributed by atoms with Crippen LogP contribution in [0.4, 0.5) is 5.82 Å². The van der Waals surface area contributed by atoms with Crippen molar-refractivity contribution in [1.82, 2.24) is 24.5 Å². The number of fused-ring (bicyclic) bond motifs is 2. The number of aromatic nitrogens is 4. The van der Waals surface area contributed by atoms with Crippen LogP contribution in [0.5, 0.6) is 0 Å². The predicted molar refractivity (Wildman–Crippen MR) is 140 cm³/mol. The molecule has 0 unspecified atom stereocenters. The molecule has 1 amide bonds. The van der Waals surface area contributed by atoms with E-state index in [1.54, 1.807) is 7.05 Å². The van der Waals surface area contributed by atoms with Gasteiger partial charge in [0.2, 0.25) is 0 Å². The Morgan fingerprint density at radius 2 is 2.14 bits per heavy atom. The minimum Gasteiger partial charge on any atom is -0.391 e. The molecule has 2 fully saturated rings. The van der Waals surface area contributed by atoms with Crippen LogP contribution in [-0.2, 0) is 0 Å². The normalized spacial score (nSPS) is 22.9. The van der Waals surface area contributed by atoms with Gasteiger partial charge in [0, 0.05) is 68.2 Å². The first kappa shape index (κ1) is 22.7. The van der Waals surface area contributed by atoms with Crippen LogP contribution in [0.2, 0.25) is 0 Å². The highest BCUT2D eigenvalue weighted by Crippen LogP contribution is 2.34. The molecular weight excluding hydrogens is 454 g/mol. The van der Waals surface area contributed by atoms with Crippen molar-refractivity contribution in [3.8, 4) is 0 Å². The molecule has 2 N–H and O–H groups in total. The highest BCUT2D eigenvalue weighted by Gasteiger charge is 2.33. The number of hydrogen-bond donors (Lipinski definition) is 2. The van der Waals surface area contributed by atoms with E-state index in [0.29, 0.717) is 25.2 Å². The Hall–Kier alpha value is -3.72. The smallest absolute Gasteiger partial charge is 0.256 e.